The zero-order valence-corrected chi connectivity index (χ0v) is 15.6. The van der Waals surface area contributed by atoms with Crippen LogP contribution in [0.15, 0.2) is 41.0 Å². The monoisotopic (exact) mass is 387 g/mol. The third-order valence-corrected chi connectivity index (χ3v) is 5.02. The van der Waals surface area contributed by atoms with E-state index in [4.69, 9.17) is 0 Å². The number of benzene rings is 1. The van der Waals surface area contributed by atoms with Crippen LogP contribution in [0.1, 0.15) is 35.7 Å². The second-order valence-corrected chi connectivity index (χ2v) is 7.39. The molecule has 2 heterocycles. The number of aromatic nitrogens is 1. The lowest BCUT2D eigenvalue weighted by Gasteiger charge is -2.31. The van der Waals surface area contributed by atoms with E-state index in [0.717, 1.165) is 34.6 Å². The number of piperidine rings is 1. The SMILES string of the molecule is Cc1ccc(NC(=O)c2ccc(N3CCCC(C)C3)nc2)c(Br)c1. The third-order valence-electron chi connectivity index (χ3n) is 4.36. The summed E-state index contributed by atoms with van der Waals surface area (Å²) in [5.41, 5.74) is 2.47. The van der Waals surface area contributed by atoms with E-state index in [2.05, 4.69) is 38.1 Å². The van der Waals surface area contributed by atoms with E-state index in [9.17, 15) is 4.79 Å². The number of anilines is 2. The molecular weight excluding hydrogens is 366 g/mol. The van der Waals surface area contributed by atoms with E-state index < -0.39 is 0 Å². The van der Waals surface area contributed by atoms with E-state index >= 15 is 0 Å². The van der Waals surface area contributed by atoms with Crippen molar-refractivity contribution in [3.05, 3.63) is 52.1 Å². The summed E-state index contributed by atoms with van der Waals surface area (Å²) in [7, 11) is 0. The zero-order chi connectivity index (χ0) is 17.1. The molecule has 1 unspecified atom stereocenters. The minimum Gasteiger partial charge on any atom is -0.356 e. The van der Waals surface area contributed by atoms with Crippen LogP contribution in [0.4, 0.5) is 11.5 Å². The maximum atomic E-state index is 12.4. The summed E-state index contributed by atoms with van der Waals surface area (Å²) in [5.74, 6) is 1.50. The molecule has 24 heavy (non-hydrogen) atoms. The molecule has 1 atom stereocenters. The van der Waals surface area contributed by atoms with Gasteiger partial charge in [0.1, 0.15) is 5.82 Å². The maximum absolute atomic E-state index is 12.4. The van der Waals surface area contributed by atoms with Crippen LogP contribution in [0.25, 0.3) is 0 Å². The first-order chi connectivity index (χ1) is 11.5. The summed E-state index contributed by atoms with van der Waals surface area (Å²) in [4.78, 5) is 19.2. The molecule has 1 fully saturated rings. The fourth-order valence-electron chi connectivity index (χ4n) is 3.02. The largest absolute Gasteiger partial charge is 0.356 e. The number of pyridine rings is 1. The van der Waals surface area contributed by atoms with Crippen LogP contribution in [-0.4, -0.2) is 24.0 Å². The van der Waals surface area contributed by atoms with Crippen molar-refractivity contribution in [2.45, 2.75) is 26.7 Å². The lowest BCUT2D eigenvalue weighted by atomic mass is 10.0. The molecule has 126 valence electrons. The van der Waals surface area contributed by atoms with Gasteiger partial charge in [0, 0.05) is 23.8 Å². The highest BCUT2D eigenvalue weighted by molar-refractivity contribution is 9.10. The molecule has 1 N–H and O–H groups in total. The van der Waals surface area contributed by atoms with Gasteiger partial charge in [-0.3, -0.25) is 4.79 Å². The normalized spacial score (nSPS) is 17.6. The molecule has 1 saturated heterocycles. The van der Waals surface area contributed by atoms with Gasteiger partial charge in [0.15, 0.2) is 0 Å². The highest BCUT2D eigenvalue weighted by atomic mass is 79.9. The molecule has 2 aromatic rings. The standard InChI is InChI=1S/C19H22BrN3O/c1-13-5-7-17(16(20)10-13)22-19(24)15-6-8-18(21-11-15)23-9-3-4-14(2)12-23/h5-8,10-11,14H,3-4,9,12H2,1-2H3,(H,22,24). The molecule has 5 heteroatoms. The van der Waals surface area contributed by atoms with Crippen LogP contribution in [0.2, 0.25) is 0 Å². The number of amides is 1. The van der Waals surface area contributed by atoms with Crippen molar-refractivity contribution in [2.75, 3.05) is 23.3 Å². The van der Waals surface area contributed by atoms with E-state index in [0.29, 0.717) is 11.5 Å². The summed E-state index contributed by atoms with van der Waals surface area (Å²) in [6.45, 7) is 6.36. The van der Waals surface area contributed by atoms with Gasteiger partial charge in [0.25, 0.3) is 5.91 Å². The fourth-order valence-corrected chi connectivity index (χ4v) is 3.61. The smallest absolute Gasteiger partial charge is 0.257 e. The molecular formula is C19H22BrN3O. The van der Waals surface area contributed by atoms with Crippen LogP contribution >= 0.6 is 15.9 Å². The van der Waals surface area contributed by atoms with Crippen LogP contribution in [0.5, 0.6) is 0 Å². The average molecular weight is 388 g/mol. The Labute approximate surface area is 151 Å². The number of rotatable bonds is 3. The molecule has 4 nitrogen and oxygen atoms in total. The number of nitrogens with zero attached hydrogens (tertiary/aromatic N) is 2. The van der Waals surface area contributed by atoms with Gasteiger partial charge < -0.3 is 10.2 Å². The molecule has 0 radical (unpaired) electrons. The Hall–Kier alpha value is -1.88. The van der Waals surface area contributed by atoms with Gasteiger partial charge in [-0.2, -0.15) is 0 Å². The van der Waals surface area contributed by atoms with Crippen molar-refractivity contribution in [3.8, 4) is 0 Å². The van der Waals surface area contributed by atoms with E-state index in [1.807, 2.05) is 37.3 Å². The summed E-state index contributed by atoms with van der Waals surface area (Å²) in [5, 5.41) is 2.92. The van der Waals surface area contributed by atoms with Gasteiger partial charge >= 0.3 is 0 Å². The molecule has 1 aliphatic heterocycles. The zero-order valence-electron chi connectivity index (χ0n) is 14.1. The van der Waals surface area contributed by atoms with Crippen LogP contribution in [-0.2, 0) is 0 Å². The first-order valence-electron chi connectivity index (χ1n) is 8.31. The van der Waals surface area contributed by atoms with Crippen molar-refractivity contribution < 1.29 is 4.79 Å². The highest BCUT2D eigenvalue weighted by Gasteiger charge is 2.18. The van der Waals surface area contributed by atoms with E-state index in [1.54, 1.807) is 6.20 Å². The predicted octanol–water partition coefficient (Wildman–Crippen LogP) is 4.64. The lowest BCUT2D eigenvalue weighted by molar-refractivity contribution is 0.102. The van der Waals surface area contributed by atoms with Crippen molar-refractivity contribution in [1.82, 2.24) is 4.98 Å². The molecule has 1 amide bonds. The van der Waals surface area contributed by atoms with E-state index in [1.165, 1.54) is 12.8 Å². The Morgan fingerprint density at radius 2 is 2.17 bits per heavy atom. The van der Waals surface area contributed by atoms with Gasteiger partial charge in [-0.1, -0.05) is 13.0 Å². The minimum absolute atomic E-state index is 0.148. The lowest BCUT2D eigenvalue weighted by Crippen LogP contribution is -2.34. The van der Waals surface area contributed by atoms with Crippen LogP contribution in [0.3, 0.4) is 0 Å². The van der Waals surface area contributed by atoms with Crippen molar-refractivity contribution in [3.63, 3.8) is 0 Å². The number of hydrogen-bond donors (Lipinski definition) is 1. The number of halogens is 1. The van der Waals surface area contributed by atoms with Gasteiger partial charge in [-0.05, 0) is 71.4 Å². The maximum Gasteiger partial charge on any atom is 0.257 e. The second-order valence-electron chi connectivity index (χ2n) is 6.54. The summed E-state index contributed by atoms with van der Waals surface area (Å²) in [6, 6.07) is 9.64. The average Bonchev–Trinajstić information content (AvgIpc) is 2.57. The van der Waals surface area contributed by atoms with E-state index in [-0.39, 0.29) is 5.91 Å². The fraction of sp³-hybridized carbons (Fsp3) is 0.368. The molecule has 0 saturated carbocycles. The van der Waals surface area contributed by atoms with Gasteiger partial charge in [-0.25, -0.2) is 4.98 Å². The van der Waals surface area contributed by atoms with Crippen molar-refractivity contribution in [2.24, 2.45) is 5.92 Å². The van der Waals surface area contributed by atoms with Crippen LogP contribution < -0.4 is 10.2 Å². The molecule has 1 aliphatic rings. The molecule has 3 rings (SSSR count). The number of carbonyl (C=O) groups is 1. The molecule has 0 spiro atoms. The topological polar surface area (TPSA) is 45.2 Å². The van der Waals surface area contributed by atoms with Crippen molar-refractivity contribution in [1.29, 1.82) is 0 Å². The first-order valence-corrected chi connectivity index (χ1v) is 9.11. The highest BCUT2D eigenvalue weighted by Crippen LogP contribution is 2.24. The number of aryl methyl sites for hydroxylation is 1. The Balaban J connectivity index is 1.69. The van der Waals surface area contributed by atoms with Gasteiger partial charge in [0.2, 0.25) is 0 Å². The van der Waals surface area contributed by atoms with Crippen LogP contribution in [0, 0.1) is 12.8 Å². The summed E-state index contributed by atoms with van der Waals surface area (Å²) in [6.07, 6.45) is 4.14. The molecule has 1 aromatic heterocycles. The molecule has 0 aliphatic carbocycles. The Morgan fingerprint density at radius 3 is 2.83 bits per heavy atom. The second kappa shape index (κ2) is 7.34. The number of carbonyl (C=O) groups excluding carboxylic acids is 1. The number of nitrogens with one attached hydrogen (secondary N) is 1. The Kier molecular flexibility index (Phi) is 5.19. The Morgan fingerprint density at radius 1 is 1.33 bits per heavy atom. The Bertz CT molecular complexity index is 730. The first kappa shape index (κ1) is 17.0. The quantitative estimate of drug-likeness (QED) is 0.833. The summed E-state index contributed by atoms with van der Waals surface area (Å²) < 4.78 is 0.878. The van der Waals surface area contributed by atoms with Gasteiger partial charge in [0.05, 0.1) is 11.3 Å². The molecule has 1 aromatic carbocycles. The minimum atomic E-state index is -0.148. The molecule has 0 bridgehead atoms. The number of hydrogen-bond acceptors (Lipinski definition) is 3. The van der Waals surface area contributed by atoms with Gasteiger partial charge in [-0.15, -0.1) is 0 Å². The third kappa shape index (κ3) is 3.96. The summed E-state index contributed by atoms with van der Waals surface area (Å²) >= 11 is 3.48. The van der Waals surface area contributed by atoms with Crippen molar-refractivity contribution >= 4 is 33.3 Å². The predicted molar refractivity (Wildman–Crippen MR) is 102 cm³/mol.